The Morgan fingerprint density at radius 2 is 1.79 bits per heavy atom. The molecule has 0 saturated carbocycles. The van der Waals surface area contributed by atoms with Gasteiger partial charge in [-0.2, -0.15) is 5.10 Å². The van der Waals surface area contributed by atoms with E-state index < -0.39 is 0 Å². The summed E-state index contributed by atoms with van der Waals surface area (Å²) in [4.78, 5) is 16.9. The number of carbonyl (C=O) groups is 1. The standard InChI is InChI=1S/C22H25N5O2/c1-29-19-9-7-18(8-10-19)25-13-15-26(16-14-25)22(28)17-23-20-5-2-3-6-21(20)27-12-4-11-24-27/h2-12,23H,13-17H2,1H3. The lowest BCUT2D eigenvalue weighted by Crippen LogP contribution is -2.50. The van der Waals surface area contributed by atoms with E-state index in [0.29, 0.717) is 13.1 Å². The number of hydrogen-bond acceptors (Lipinski definition) is 5. The highest BCUT2D eigenvalue weighted by Crippen LogP contribution is 2.21. The number of nitrogens with one attached hydrogen (secondary N) is 1. The fourth-order valence-corrected chi connectivity index (χ4v) is 3.52. The highest BCUT2D eigenvalue weighted by atomic mass is 16.5. The predicted octanol–water partition coefficient (Wildman–Crippen LogP) is 2.64. The first-order valence-electron chi connectivity index (χ1n) is 9.74. The van der Waals surface area contributed by atoms with Crippen LogP contribution in [0.2, 0.25) is 0 Å². The van der Waals surface area contributed by atoms with Gasteiger partial charge in [-0.15, -0.1) is 0 Å². The Labute approximate surface area is 170 Å². The number of nitrogens with zero attached hydrogens (tertiary/aromatic N) is 4. The van der Waals surface area contributed by atoms with Crippen LogP contribution in [0, 0.1) is 0 Å². The number of rotatable bonds is 6. The quantitative estimate of drug-likeness (QED) is 0.700. The molecule has 0 spiro atoms. The van der Waals surface area contributed by atoms with Gasteiger partial charge in [-0.1, -0.05) is 12.1 Å². The van der Waals surface area contributed by atoms with Gasteiger partial charge >= 0.3 is 0 Å². The first-order valence-corrected chi connectivity index (χ1v) is 9.74. The van der Waals surface area contributed by atoms with Crippen molar-refractivity contribution in [2.45, 2.75) is 0 Å². The number of methoxy groups -OCH3 is 1. The van der Waals surface area contributed by atoms with Gasteiger partial charge in [-0.05, 0) is 42.5 Å². The Balaban J connectivity index is 1.32. The smallest absolute Gasteiger partial charge is 0.241 e. The van der Waals surface area contributed by atoms with Crippen LogP contribution in [0.15, 0.2) is 67.0 Å². The van der Waals surface area contributed by atoms with E-state index in [-0.39, 0.29) is 12.5 Å². The molecule has 3 aromatic rings. The molecular formula is C22H25N5O2. The third kappa shape index (κ3) is 4.34. The zero-order valence-electron chi connectivity index (χ0n) is 16.5. The van der Waals surface area contributed by atoms with Gasteiger partial charge in [0.05, 0.1) is 25.0 Å². The Hall–Kier alpha value is -3.48. The Morgan fingerprint density at radius 3 is 2.48 bits per heavy atom. The molecule has 4 rings (SSSR count). The molecule has 0 bridgehead atoms. The maximum absolute atomic E-state index is 12.7. The molecule has 1 fully saturated rings. The van der Waals surface area contributed by atoms with Crippen molar-refractivity contribution in [2.75, 3.05) is 50.1 Å². The summed E-state index contributed by atoms with van der Waals surface area (Å²) in [6.45, 7) is 3.34. The number of ether oxygens (including phenoxy) is 1. The molecule has 2 aromatic carbocycles. The van der Waals surface area contributed by atoms with Crippen molar-refractivity contribution in [3.8, 4) is 11.4 Å². The molecule has 1 aliphatic heterocycles. The first kappa shape index (κ1) is 18.9. The highest BCUT2D eigenvalue weighted by Gasteiger charge is 2.21. The predicted molar refractivity (Wildman–Crippen MR) is 114 cm³/mol. The lowest BCUT2D eigenvalue weighted by molar-refractivity contribution is -0.129. The van der Waals surface area contributed by atoms with Gasteiger partial charge in [0.25, 0.3) is 0 Å². The van der Waals surface area contributed by atoms with E-state index in [2.05, 4.69) is 27.4 Å². The fourth-order valence-electron chi connectivity index (χ4n) is 3.52. The third-order valence-electron chi connectivity index (χ3n) is 5.16. The average molecular weight is 391 g/mol. The SMILES string of the molecule is COc1ccc(N2CCN(C(=O)CNc3ccccc3-n3cccn3)CC2)cc1. The molecule has 1 N–H and O–H groups in total. The molecule has 7 nitrogen and oxygen atoms in total. The van der Waals surface area contributed by atoms with Gasteiger partial charge in [-0.3, -0.25) is 4.79 Å². The minimum absolute atomic E-state index is 0.106. The van der Waals surface area contributed by atoms with Gasteiger partial charge < -0.3 is 19.9 Å². The molecule has 0 unspecified atom stereocenters. The monoisotopic (exact) mass is 391 g/mol. The van der Waals surface area contributed by atoms with Crippen LogP contribution in [0.3, 0.4) is 0 Å². The molecule has 0 atom stereocenters. The highest BCUT2D eigenvalue weighted by molar-refractivity contribution is 5.82. The second kappa shape index (κ2) is 8.68. The number of benzene rings is 2. The molecule has 1 aliphatic rings. The Kier molecular flexibility index (Phi) is 5.65. The number of amides is 1. The molecule has 0 radical (unpaired) electrons. The molecular weight excluding hydrogens is 366 g/mol. The molecule has 1 saturated heterocycles. The van der Waals surface area contributed by atoms with Crippen molar-refractivity contribution in [3.63, 3.8) is 0 Å². The molecule has 29 heavy (non-hydrogen) atoms. The van der Waals surface area contributed by atoms with E-state index in [4.69, 9.17) is 4.74 Å². The van der Waals surface area contributed by atoms with Gasteiger partial charge in [0.1, 0.15) is 5.75 Å². The summed E-state index contributed by atoms with van der Waals surface area (Å²) in [5, 5.41) is 7.55. The van der Waals surface area contributed by atoms with Crippen molar-refractivity contribution in [1.29, 1.82) is 0 Å². The number of para-hydroxylation sites is 2. The van der Waals surface area contributed by atoms with Crippen LogP contribution < -0.4 is 15.0 Å². The van der Waals surface area contributed by atoms with Gasteiger partial charge in [0.2, 0.25) is 5.91 Å². The minimum atomic E-state index is 0.106. The summed E-state index contributed by atoms with van der Waals surface area (Å²) in [7, 11) is 1.67. The van der Waals surface area contributed by atoms with Crippen molar-refractivity contribution in [3.05, 3.63) is 67.0 Å². The topological polar surface area (TPSA) is 62.6 Å². The van der Waals surface area contributed by atoms with Crippen LogP contribution in [-0.2, 0) is 4.79 Å². The van der Waals surface area contributed by atoms with Crippen molar-refractivity contribution >= 4 is 17.3 Å². The summed E-state index contributed by atoms with van der Waals surface area (Å²) in [6.07, 6.45) is 3.63. The van der Waals surface area contributed by atoms with E-state index in [1.807, 2.05) is 53.6 Å². The van der Waals surface area contributed by atoms with E-state index in [1.54, 1.807) is 18.0 Å². The molecule has 7 heteroatoms. The van der Waals surface area contributed by atoms with Crippen LogP contribution in [0.1, 0.15) is 0 Å². The van der Waals surface area contributed by atoms with Gasteiger partial charge in [0, 0.05) is 44.3 Å². The molecule has 1 aromatic heterocycles. The molecule has 150 valence electrons. The van der Waals surface area contributed by atoms with Crippen LogP contribution >= 0.6 is 0 Å². The van der Waals surface area contributed by atoms with Crippen LogP contribution in [0.5, 0.6) is 5.75 Å². The first-order chi connectivity index (χ1) is 14.2. The maximum atomic E-state index is 12.7. The van der Waals surface area contributed by atoms with E-state index >= 15 is 0 Å². The second-order valence-electron chi connectivity index (χ2n) is 6.89. The van der Waals surface area contributed by atoms with Crippen LogP contribution in [0.25, 0.3) is 5.69 Å². The van der Waals surface area contributed by atoms with Crippen molar-refractivity contribution in [2.24, 2.45) is 0 Å². The normalized spacial score (nSPS) is 14.0. The van der Waals surface area contributed by atoms with Gasteiger partial charge in [-0.25, -0.2) is 4.68 Å². The minimum Gasteiger partial charge on any atom is -0.497 e. The van der Waals surface area contributed by atoms with Crippen molar-refractivity contribution < 1.29 is 9.53 Å². The second-order valence-corrected chi connectivity index (χ2v) is 6.89. The van der Waals surface area contributed by atoms with Crippen LogP contribution in [-0.4, -0.2) is 60.4 Å². The summed E-state index contributed by atoms with van der Waals surface area (Å²) >= 11 is 0. The fraction of sp³-hybridized carbons (Fsp3) is 0.273. The molecule has 1 amide bonds. The molecule has 0 aliphatic carbocycles. The summed E-state index contributed by atoms with van der Waals surface area (Å²) in [5.41, 5.74) is 2.97. The van der Waals surface area contributed by atoms with Crippen molar-refractivity contribution in [1.82, 2.24) is 14.7 Å². The third-order valence-corrected chi connectivity index (χ3v) is 5.16. The zero-order valence-corrected chi connectivity index (χ0v) is 16.5. The number of piperazine rings is 1. The lowest BCUT2D eigenvalue weighted by atomic mass is 10.2. The summed E-state index contributed by atoms with van der Waals surface area (Å²) in [6, 6.07) is 17.8. The number of anilines is 2. The van der Waals surface area contributed by atoms with Crippen LogP contribution in [0.4, 0.5) is 11.4 Å². The maximum Gasteiger partial charge on any atom is 0.241 e. The Bertz CT molecular complexity index is 932. The summed E-state index contributed by atoms with van der Waals surface area (Å²) < 4.78 is 7.01. The number of hydrogen-bond donors (Lipinski definition) is 1. The Morgan fingerprint density at radius 1 is 1.03 bits per heavy atom. The zero-order chi connectivity index (χ0) is 20.1. The largest absolute Gasteiger partial charge is 0.497 e. The van der Waals surface area contributed by atoms with E-state index in [9.17, 15) is 4.79 Å². The van der Waals surface area contributed by atoms with E-state index in [0.717, 1.165) is 35.9 Å². The van der Waals surface area contributed by atoms with E-state index in [1.165, 1.54) is 0 Å². The summed E-state index contributed by atoms with van der Waals surface area (Å²) in [5.74, 6) is 0.957. The number of carbonyl (C=O) groups excluding carboxylic acids is 1. The number of aromatic nitrogens is 2. The molecule has 2 heterocycles. The van der Waals surface area contributed by atoms with Gasteiger partial charge in [0.15, 0.2) is 0 Å². The lowest BCUT2D eigenvalue weighted by Gasteiger charge is -2.36. The average Bonchev–Trinajstić information content (AvgIpc) is 3.33.